The predicted octanol–water partition coefficient (Wildman–Crippen LogP) is 3.82. The third-order valence-electron chi connectivity index (χ3n) is 6.41. The predicted molar refractivity (Wildman–Crippen MR) is 143 cm³/mol. The van der Waals surface area contributed by atoms with Gasteiger partial charge in [-0.15, -0.1) is 0 Å². The van der Waals surface area contributed by atoms with Crippen LogP contribution in [0.2, 0.25) is 0 Å². The minimum absolute atomic E-state index is 0.0115. The van der Waals surface area contributed by atoms with Crippen LogP contribution in [0.25, 0.3) is 22.8 Å². The highest BCUT2D eigenvalue weighted by Gasteiger charge is 2.19. The number of hydrogen-bond acceptors (Lipinski definition) is 9. The van der Waals surface area contributed by atoms with Gasteiger partial charge in [0.1, 0.15) is 24.6 Å². The fourth-order valence-corrected chi connectivity index (χ4v) is 4.18. The Hall–Kier alpha value is -3.50. The summed E-state index contributed by atoms with van der Waals surface area (Å²) < 4.78 is 17.0. The molecule has 2 unspecified atom stereocenters. The molecule has 1 amide bonds. The SMILES string of the molecule is CCc1cc(-c2noc(-c3cc(OC)nc(C(CC)CC)c3)n2)cc(C)c1OCC(O)CNC(=O)C(C)O. The van der Waals surface area contributed by atoms with Crippen molar-refractivity contribution in [2.75, 3.05) is 20.3 Å². The van der Waals surface area contributed by atoms with Gasteiger partial charge >= 0.3 is 0 Å². The lowest BCUT2D eigenvalue weighted by atomic mass is 9.97. The van der Waals surface area contributed by atoms with Crippen LogP contribution in [0.5, 0.6) is 11.6 Å². The van der Waals surface area contributed by atoms with Gasteiger partial charge in [-0.05, 0) is 62.4 Å². The quantitative estimate of drug-likeness (QED) is 0.303. The zero-order valence-corrected chi connectivity index (χ0v) is 22.9. The van der Waals surface area contributed by atoms with Gasteiger partial charge in [0.2, 0.25) is 17.6 Å². The van der Waals surface area contributed by atoms with E-state index in [1.165, 1.54) is 6.92 Å². The maximum atomic E-state index is 11.5. The van der Waals surface area contributed by atoms with Gasteiger partial charge in [-0.3, -0.25) is 4.79 Å². The number of pyridine rings is 1. The van der Waals surface area contributed by atoms with Crippen molar-refractivity contribution in [1.82, 2.24) is 20.4 Å². The largest absolute Gasteiger partial charge is 0.490 e. The second-order valence-electron chi connectivity index (χ2n) is 9.28. The Morgan fingerprint density at radius 2 is 1.82 bits per heavy atom. The van der Waals surface area contributed by atoms with E-state index in [4.69, 9.17) is 14.0 Å². The number of benzene rings is 1. The van der Waals surface area contributed by atoms with Crippen LogP contribution in [-0.4, -0.2) is 63.7 Å². The van der Waals surface area contributed by atoms with Crippen LogP contribution >= 0.6 is 0 Å². The fraction of sp³-hybridized carbons (Fsp3) is 0.500. The van der Waals surface area contributed by atoms with Crippen LogP contribution in [0.4, 0.5) is 0 Å². The Morgan fingerprint density at radius 3 is 2.45 bits per heavy atom. The lowest BCUT2D eigenvalue weighted by Crippen LogP contribution is -2.39. The molecule has 1 aromatic carbocycles. The van der Waals surface area contributed by atoms with Gasteiger partial charge in [0.15, 0.2) is 0 Å². The Labute approximate surface area is 223 Å². The number of aromatic nitrogens is 3. The van der Waals surface area contributed by atoms with Gasteiger partial charge in [0, 0.05) is 35.3 Å². The van der Waals surface area contributed by atoms with Crippen molar-refractivity contribution < 1.29 is 29.0 Å². The molecule has 0 saturated carbocycles. The van der Waals surface area contributed by atoms with E-state index in [9.17, 15) is 15.0 Å². The number of carbonyl (C=O) groups is 1. The molecule has 38 heavy (non-hydrogen) atoms. The molecule has 2 aromatic heterocycles. The number of nitrogens with zero attached hydrogens (tertiary/aromatic N) is 3. The number of carbonyl (C=O) groups excluding carboxylic acids is 1. The van der Waals surface area contributed by atoms with Crippen LogP contribution in [0.3, 0.4) is 0 Å². The van der Waals surface area contributed by atoms with Crippen molar-refractivity contribution in [3.63, 3.8) is 0 Å². The topological polar surface area (TPSA) is 140 Å². The Morgan fingerprint density at radius 1 is 1.08 bits per heavy atom. The van der Waals surface area contributed by atoms with Crippen LogP contribution in [0, 0.1) is 6.92 Å². The molecule has 3 rings (SSSR count). The smallest absolute Gasteiger partial charge is 0.258 e. The van der Waals surface area contributed by atoms with Crippen molar-refractivity contribution in [1.29, 1.82) is 0 Å². The molecule has 0 aliphatic rings. The third kappa shape index (κ3) is 7.08. The number of hydrogen-bond donors (Lipinski definition) is 3. The summed E-state index contributed by atoms with van der Waals surface area (Å²) in [6, 6.07) is 7.62. The normalized spacial score (nSPS) is 12.9. The summed E-state index contributed by atoms with van der Waals surface area (Å²) in [6.45, 7) is 9.52. The van der Waals surface area contributed by atoms with Crippen molar-refractivity contribution in [3.05, 3.63) is 41.1 Å². The summed E-state index contributed by atoms with van der Waals surface area (Å²) in [5, 5.41) is 26.1. The van der Waals surface area contributed by atoms with Crippen LogP contribution in [-0.2, 0) is 11.2 Å². The monoisotopic (exact) mass is 526 g/mol. The second-order valence-corrected chi connectivity index (χ2v) is 9.28. The molecular formula is C28H38N4O6. The van der Waals surface area contributed by atoms with E-state index < -0.39 is 18.1 Å². The first-order valence-electron chi connectivity index (χ1n) is 13.0. The molecule has 0 saturated heterocycles. The summed E-state index contributed by atoms with van der Waals surface area (Å²) in [4.78, 5) is 20.8. The van der Waals surface area contributed by atoms with Gasteiger partial charge in [0.25, 0.3) is 5.89 Å². The van der Waals surface area contributed by atoms with Gasteiger partial charge in [0.05, 0.1) is 7.11 Å². The zero-order chi connectivity index (χ0) is 27.8. The number of nitrogens with one attached hydrogen (secondary N) is 1. The highest BCUT2D eigenvalue weighted by molar-refractivity contribution is 5.79. The molecule has 2 atom stereocenters. The molecule has 0 spiro atoms. The van der Waals surface area contributed by atoms with Crippen molar-refractivity contribution in [3.8, 4) is 34.5 Å². The molecule has 0 bridgehead atoms. The first-order chi connectivity index (χ1) is 18.2. The van der Waals surface area contributed by atoms with Gasteiger partial charge in [-0.1, -0.05) is 25.9 Å². The number of methoxy groups -OCH3 is 1. The minimum Gasteiger partial charge on any atom is -0.490 e. The van der Waals surface area contributed by atoms with Crippen molar-refractivity contribution in [2.24, 2.45) is 0 Å². The second kappa shape index (κ2) is 13.3. The molecular weight excluding hydrogens is 488 g/mol. The molecule has 3 N–H and O–H groups in total. The molecule has 0 aliphatic heterocycles. The lowest BCUT2D eigenvalue weighted by molar-refractivity contribution is -0.129. The molecule has 0 aliphatic carbocycles. The number of aliphatic hydroxyl groups is 2. The average molecular weight is 527 g/mol. The summed E-state index contributed by atoms with van der Waals surface area (Å²) in [7, 11) is 1.59. The van der Waals surface area contributed by atoms with E-state index in [2.05, 4.69) is 34.3 Å². The van der Waals surface area contributed by atoms with Crippen LogP contribution in [0.1, 0.15) is 63.3 Å². The number of rotatable bonds is 13. The first-order valence-corrected chi connectivity index (χ1v) is 13.0. The Balaban J connectivity index is 1.81. The van der Waals surface area contributed by atoms with E-state index in [1.54, 1.807) is 13.2 Å². The maximum absolute atomic E-state index is 11.5. The molecule has 0 fully saturated rings. The lowest BCUT2D eigenvalue weighted by Gasteiger charge is -2.18. The fourth-order valence-electron chi connectivity index (χ4n) is 4.18. The van der Waals surface area contributed by atoms with E-state index in [0.717, 1.165) is 40.8 Å². The Bertz CT molecular complexity index is 1220. The molecule has 206 valence electrons. The average Bonchev–Trinajstić information content (AvgIpc) is 3.41. The van der Waals surface area contributed by atoms with E-state index in [0.29, 0.717) is 35.7 Å². The highest BCUT2D eigenvalue weighted by atomic mass is 16.5. The van der Waals surface area contributed by atoms with Gasteiger partial charge in [-0.25, -0.2) is 4.98 Å². The third-order valence-corrected chi connectivity index (χ3v) is 6.41. The summed E-state index contributed by atoms with van der Waals surface area (Å²) in [5.41, 5.74) is 4.25. The van der Waals surface area contributed by atoms with E-state index >= 15 is 0 Å². The highest BCUT2D eigenvalue weighted by Crippen LogP contribution is 2.33. The van der Waals surface area contributed by atoms with Gasteiger partial charge < -0.3 is 29.5 Å². The summed E-state index contributed by atoms with van der Waals surface area (Å²) in [6.07, 6.45) is 0.550. The van der Waals surface area contributed by atoms with E-state index in [-0.39, 0.29) is 13.2 Å². The number of amides is 1. The standard InChI is InChI=1S/C28H38N4O6/c1-7-18(8-2)23-12-21(13-24(30-23)36-6)28-31-26(32-38-28)20-10-16(4)25(19(9-3)11-20)37-15-22(34)14-29-27(35)17(5)33/h10-13,17-18,22,33-34H,7-9,14-15H2,1-6H3,(H,29,35). The van der Waals surface area contributed by atoms with Crippen LogP contribution < -0.4 is 14.8 Å². The first kappa shape index (κ1) is 29.1. The minimum atomic E-state index is -1.14. The number of aryl methyl sites for hydroxylation is 2. The Kier molecular flexibility index (Phi) is 10.2. The van der Waals surface area contributed by atoms with Crippen molar-refractivity contribution >= 4 is 5.91 Å². The molecule has 0 radical (unpaired) electrons. The van der Waals surface area contributed by atoms with Crippen molar-refractivity contribution in [2.45, 2.75) is 72.0 Å². The molecule has 10 nitrogen and oxygen atoms in total. The summed E-state index contributed by atoms with van der Waals surface area (Å²) >= 11 is 0. The molecule has 3 aromatic rings. The summed E-state index contributed by atoms with van der Waals surface area (Å²) in [5.74, 6) is 1.75. The molecule has 10 heteroatoms. The van der Waals surface area contributed by atoms with Gasteiger partial charge in [-0.2, -0.15) is 4.98 Å². The zero-order valence-electron chi connectivity index (χ0n) is 22.9. The maximum Gasteiger partial charge on any atom is 0.258 e. The molecule has 2 heterocycles. The van der Waals surface area contributed by atoms with Crippen LogP contribution in [0.15, 0.2) is 28.8 Å². The number of aliphatic hydroxyl groups excluding tert-OH is 2. The van der Waals surface area contributed by atoms with E-state index in [1.807, 2.05) is 32.0 Å². The number of ether oxygens (including phenoxy) is 2.